The zero-order chi connectivity index (χ0) is 8.15. The van der Waals surface area contributed by atoms with Gasteiger partial charge in [-0.1, -0.05) is 6.92 Å². The van der Waals surface area contributed by atoms with Crippen molar-refractivity contribution in [3.63, 3.8) is 0 Å². The maximum Gasteiger partial charge on any atom is 0.320 e. The Morgan fingerprint density at radius 3 is 2.60 bits per heavy atom. The maximum atomic E-state index is 10.3. The molecular weight excluding hydrogens is 150 g/mol. The van der Waals surface area contributed by atoms with Crippen molar-refractivity contribution >= 4 is 17.7 Å². The second-order valence-corrected chi connectivity index (χ2v) is 3.21. The molecule has 0 aliphatic heterocycles. The first-order valence-corrected chi connectivity index (χ1v) is 4.46. The van der Waals surface area contributed by atoms with E-state index in [1.165, 1.54) is 0 Å². The van der Waals surface area contributed by atoms with Gasteiger partial charge < -0.3 is 10.8 Å². The first-order valence-electron chi connectivity index (χ1n) is 3.07. The zero-order valence-electron chi connectivity index (χ0n) is 6.20. The van der Waals surface area contributed by atoms with Crippen LogP contribution < -0.4 is 5.73 Å². The number of carboxylic acids is 1. The normalized spacial score (nSPS) is 16.3. The number of rotatable bonds is 4. The van der Waals surface area contributed by atoms with Gasteiger partial charge in [-0.25, -0.2) is 0 Å². The van der Waals surface area contributed by atoms with Gasteiger partial charge in [0.05, 0.1) is 0 Å². The molecule has 0 aromatic rings. The third-order valence-electron chi connectivity index (χ3n) is 1.33. The van der Waals surface area contributed by atoms with Gasteiger partial charge in [0, 0.05) is 0 Å². The molecule has 3 N–H and O–H groups in total. The van der Waals surface area contributed by atoms with E-state index in [-0.39, 0.29) is 5.92 Å². The highest BCUT2D eigenvalue weighted by atomic mass is 32.2. The molecule has 0 radical (unpaired) electrons. The standard InChI is InChI=1S/C6H13NO2S/c1-4(3-10-2)5(7)6(8)9/h4-5H,3,7H2,1-2H3,(H,8,9)/t4-,5?/m1/s1. The van der Waals surface area contributed by atoms with E-state index in [1.807, 2.05) is 13.2 Å². The number of thioether (sulfide) groups is 1. The predicted molar refractivity (Wildman–Crippen MR) is 43.2 cm³/mol. The van der Waals surface area contributed by atoms with Crippen molar-refractivity contribution < 1.29 is 9.90 Å². The highest BCUT2D eigenvalue weighted by molar-refractivity contribution is 7.98. The molecule has 10 heavy (non-hydrogen) atoms. The van der Waals surface area contributed by atoms with Crippen LogP contribution in [0.5, 0.6) is 0 Å². The van der Waals surface area contributed by atoms with Gasteiger partial charge in [0.25, 0.3) is 0 Å². The van der Waals surface area contributed by atoms with Crippen molar-refractivity contribution in [1.29, 1.82) is 0 Å². The Morgan fingerprint density at radius 1 is 1.80 bits per heavy atom. The molecule has 0 heterocycles. The van der Waals surface area contributed by atoms with Gasteiger partial charge in [-0.2, -0.15) is 11.8 Å². The largest absolute Gasteiger partial charge is 0.480 e. The molecule has 3 nitrogen and oxygen atoms in total. The highest BCUT2D eigenvalue weighted by Gasteiger charge is 2.18. The zero-order valence-corrected chi connectivity index (χ0v) is 7.02. The summed E-state index contributed by atoms with van der Waals surface area (Å²) in [5, 5.41) is 8.44. The van der Waals surface area contributed by atoms with Crippen LogP contribution in [0, 0.1) is 5.92 Å². The fourth-order valence-electron chi connectivity index (χ4n) is 0.610. The number of hydrogen-bond donors (Lipinski definition) is 2. The summed E-state index contributed by atoms with van der Waals surface area (Å²) >= 11 is 1.61. The number of carbonyl (C=O) groups is 1. The molecule has 0 saturated heterocycles. The summed E-state index contributed by atoms with van der Waals surface area (Å²) in [6.45, 7) is 1.84. The Labute approximate surface area is 65.0 Å². The van der Waals surface area contributed by atoms with Gasteiger partial charge in [-0.05, 0) is 17.9 Å². The molecule has 0 spiro atoms. The van der Waals surface area contributed by atoms with Gasteiger partial charge in [-0.3, -0.25) is 4.79 Å². The van der Waals surface area contributed by atoms with Gasteiger partial charge in [0.1, 0.15) is 6.04 Å². The molecule has 0 aliphatic rings. The van der Waals surface area contributed by atoms with Gasteiger partial charge in [-0.15, -0.1) is 0 Å². The molecule has 0 saturated carbocycles. The van der Waals surface area contributed by atoms with Gasteiger partial charge in [0.2, 0.25) is 0 Å². The lowest BCUT2D eigenvalue weighted by Crippen LogP contribution is -2.37. The molecule has 1 unspecified atom stereocenters. The van der Waals surface area contributed by atoms with Crippen molar-refractivity contribution in [3.05, 3.63) is 0 Å². The Bertz CT molecular complexity index is 118. The number of carboxylic acid groups (broad SMARTS) is 1. The van der Waals surface area contributed by atoms with Crippen LogP contribution in [0.1, 0.15) is 6.92 Å². The van der Waals surface area contributed by atoms with Crippen LogP contribution in [0.3, 0.4) is 0 Å². The Kier molecular flexibility index (Phi) is 4.47. The smallest absolute Gasteiger partial charge is 0.320 e. The topological polar surface area (TPSA) is 63.3 Å². The van der Waals surface area contributed by atoms with E-state index >= 15 is 0 Å². The second-order valence-electron chi connectivity index (χ2n) is 2.30. The lowest BCUT2D eigenvalue weighted by Gasteiger charge is -2.13. The molecule has 0 fully saturated rings. The fourth-order valence-corrected chi connectivity index (χ4v) is 1.34. The summed E-state index contributed by atoms with van der Waals surface area (Å²) < 4.78 is 0. The lowest BCUT2D eigenvalue weighted by molar-refractivity contribution is -0.139. The summed E-state index contributed by atoms with van der Waals surface area (Å²) in [7, 11) is 0. The molecular formula is C6H13NO2S. The van der Waals surface area contributed by atoms with Crippen molar-refractivity contribution in [1.82, 2.24) is 0 Å². The SMILES string of the molecule is CSC[C@@H](C)C(N)C(=O)O. The lowest BCUT2D eigenvalue weighted by atomic mass is 10.1. The minimum atomic E-state index is -0.915. The fraction of sp³-hybridized carbons (Fsp3) is 0.833. The first-order chi connectivity index (χ1) is 4.59. The third kappa shape index (κ3) is 3.08. The maximum absolute atomic E-state index is 10.3. The minimum absolute atomic E-state index is 0.0486. The van der Waals surface area contributed by atoms with Crippen LogP contribution in [0.2, 0.25) is 0 Å². The quantitative estimate of drug-likeness (QED) is 0.629. The molecule has 0 bridgehead atoms. The van der Waals surface area contributed by atoms with Crippen LogP contribution in [-0.2, 0) is 4.79 Å². The van der Waals surface area contributed by atoms with Crippen LogP contribution in [0.15, 0.2) is 0 Å². The van der Waals surface area contributed by atoms with Crippen LogP contribution in [-0.4, -0.2) is 29.1 Å². The molecule has 0 rings (SSSR count). The summed E-state index contributed by atoms with van der Waals surface area (Å²) in [5.41, 5.74) is 5.33. The van der Waals surface area contributed by atoms with E-state index in [4.69, 9.17) is 10.8 Å². The van der Waals surface area contributed by atoms with E-state index < -0.39 is 12.0 Å². The molecule has 0 aromatic heterocycles. The van der Waals surface area contributed by atoms with Crippen molar-refractivity contribution in [3.8, 4) is 0 Å². The third-order valence-corrected chi connectivity index (χ3v) is 2.19. The van der Waals surface area contributed by atoms with Crippen LogP contribution in [0.25, 0.3) is 0 Å². The predicted octanol–water partition coefficient (Wildman–Crippen LogP) is 0.397. The van der Waals surface area contributed by atoms with Crippen molar-refractivity contribution in [2.75, 3.05) is 12.0 Å². The molecule has 2 atom stereocenters. The molecule has 0 amide bonds. The minimum Gasteiger partial charge on any atom is -0.480 e. The molecule has 0 aromatic carbocycles. The second kappa shape index (κ2) is 4.57. The summed E-state index contributed by atoms with van der Waals surface area (Å²) in [4.78, 5) is 10.3. The molecule has 4 heteroatoms. The summed E-state index contributed by atoms with van der Waals surface area (Å²) in [5.74, 6) is -0.0675. The molecule has 0 aliphatic carbocycles. The number of aliphatic carboxylic acids is 1. The monoisotopic (exact) mass is 163 g/mol. The van der Waals surface area contributed by atoms with Crippen molar-refractivity contribution in [2.45, 2.75) is 13.0 Å². The Hall–Kier alpha value is -0.220. The van der Waals surface area contributed by atoms with Gasteiger partial charge >= 0.3 is 5.97 Å². The van der Waals surface area contributed by atoms with E-state index in [9.17, 15) is 4.79 Å². The molecule has 60 valence electrons. The number of nitrogens with two attached hydrogens (primary N) is 1. The average Bonchev–Trinajstić information content (AvgIpc) is 1.87. The van der Waals surface area contributed by atoms with E-state index in [0.717, 1.165) is 5.75 Å². The highest BCUT2D eigenvalue weighted by Crippen LogP contribution is 2.07. The van der Waals surface area contributed by atoms with Crippen molar-refractivity contribution in [2.24, 2.45) is 11.7 Å². The summed E-state index contributed by atoms with van der Waals surface area (Å²) in [6.07, 6.45) is 1.94. The number of hydrogen-bond acceptors (Lipinski definition) is 3. The Balaban J connectivity index is 3.69. The Morgan fingerprint density at radius 2 is 2.30 bits per heavy atom. The van der Waals surface area contributed by atoms with E-state index in [1.54, 1.807) is 11.8 Å². The van der Waals surface area contributed by atoms with Crippen LogP contribution in [0.4, 0.5) is 0 Å². The van der Waals surface area contributed by atoms with Gasteiger partial charge in [0.15, 0.2) is 0 Å². The average molecular weight is 163 g/mol. The first kappa shape index (κ1) is 9.78. The van der Waals surface area contributed by atoms with E-state index in [0.29, 0.717) is 0 Å². The van der Waals surface area contributed by atoms with E-state index in [2.05, 4.69) is 0 Å². The summed E-state index contributed by atoms with van der Waals surface area (Å²) in [6, 6.07) is -0.715. The van der Waals surface area contributed by atoms with Crippen LogP contribution >= 0.6 is 11.8 Å².